The molecule has 0 saturated carbocycles. The number of ether oxygens (including phenoxy) is 4. The van der Waals surface area contributed by atoms with E-state index in [-0.39, 0.29) is 12.4 Å². The van der Waals surface area contributed by atoms with Gasteiger partial charge in [-0.2, -0.15) is 0 Å². The first-order valence-electron chi connectivity index (χ1n) is 8.53. The smallest absolute Gasteiger partial charge is 0.196 e. The normalized spacial score (nSPS) is 14.6. The van der Waals surface area contributed by atoms with Gasteiger partial charge < -0.3 is 18.9 Å². The van der Waals surface area contributed by atoms with E-state index in [4.69, 9.17) is 18.9 Å². The molecule has 0 unspecified atom stereocenters. The number of benzene rings is 2. The summed E-state index contributed by atoms with van der Waals surface area (Å²) in [7, 11) is 3.18. The molecule has 0 aromatic heterocycles. The molecular weight excluding hydrogens is 332 g/mol. The maximum atomic E-state index is 12.8. The van der Waals surface area contributed by atoms with E-state index in [2.05, 4.69) is 0 Å². The van der Waals surface area contributed by atoms with Crippen LogP contribution in [0.15, 0.2) is 42.0 Å². The van der Waals surface area contributed by atoms with Crippen LogP contribution in [-0.4, -0.2) is 33.2 Å². The van der Waals surface area contributed by atoms with Gasteiger partial charge >= 0.3 is 0 Å². The van der Waals surface area contributed by atoms with Crippen molar-refractivity contribution in [2.75, 3.05) is 27.4 Å². The van der Waals surface area contributed by atoms with Gasteiger partial charge in [-0.25, -0.2) is 0 Å². The number of hydrogen-bond acceptors (Lipinski definition) is 5. The van der Waals surface area contributed by atoms with Crippen molar-refractivity contribution in [2.45, 2.75) is 13.3 Å². The second-order valence-electron chi connectivity index (χ2n) is 5.91. The monoisotopic (exact) mass is 354 g/mol. The predicted molar refractivity (Wildman–Crippen MR) is 99.6 cm³/mol. The van der Waals surface area contributed by atoms with Crippen molar-refractivity contribution in [1.82, 2.24) is 0 Å². The summed E-state index contributed by atoms with van der Waals surface area (Å²) < 4.78 is 22.0. The first-order valence-corrected chi connectivity index (χ1v) is 8.53. The minimum Gasteiger partial charge on any atom is -0.497 e. The highest BCUT2D eigenvalue weighted by molar-refractivity contribution is 6.14. The number of carbonyl (C=O) groups is 1. The summed E-state index contributed by atoms with van der Waals surface area (Å²) >= 11 is 0. The largest absolute Gasteiger partial charge is 0.497 e. The van der Waals surface area contributed by atoms with Gasteiger partial charge in [-0.3, -0.25) is 4.79 Å². The summed E-state index contributed by atoms with van der Waals surface area (Å²) in [5.74, 6) is 2.48. The van der Waals surface area contributed by atoms with Crippen molar-refractivity contribution < 1.29 is 23.7 Å². The standard InChI is InChI=1S/C21H22O5/c1-4-9-25-20-11-14(5-7-19(20)24-3)10-15-13-26-18-8-6-16(23-2)12-17(18)21(15)22/h5-8,10-12H,4,9,13H2,1-3H3/b15-10+. The van der Waals surface area contributed by atoms with Crippen LogP contribution >= 0.6 is 0 Å². The molecule has 0 N–H and O–H groups in total. The SMILES string of the molecule is CCCOc1cc(/C=C2\COc3ccc(OC)cc3C2=O)ccc1OC. The third-order valence-corrected chi connectivity index (χ3v) is 4.10. The molecule has 0 amide bonds. The maximum Gasteiger partial charge on any atom is 0.196 e. The van der Waals surface area contributed by atoms with E-state index >= 15 is 0 Å². The highest BCUT2D eigenvalue weighted by Gasteiger charge is 2.24. The van der Waals surface area contributed by atoms with Crippen LogP contribution in [0.4, 0.5) is 0 Å². The van der Waals surface area contributed by atoms with E-state index in [9.17, 15) is 4.79 Å². The van der Waals surface area contributed by atoms with Crippen LogP contribution in [0.25, 0.3) is 6.08 Å². The summed E-state index contributed by atoms with van der Waals surface area (Å²) in [4.78, 5) is 12.8. The Balaban J connectivity index is 1.91. The zero-order valence-corrected chi connectivity index (χ0v) is 15.2. The molecule has 0 radical (unpaired) electrons. The zero-order valence-electron chi connectivity index (χ0n) is 15.2. The topological polar surface area (TPSA) is 54.0 Å². The molecule has 0 fully saturated rings. The van der Waals surface area contributed by atoms with Crippen molar-refractivity contribution in [3.63, 3.8) is 0 Å². The van der Waals surface area contributed by atoms with Crippen LogP contribution in [0.3, 0.4) is 0 Å². The maximum absolute atomic E-state index is 12.8. The van der Waals surface area contributed by atoms with Crippen LogP contribution in [0.1, 0.15) is 29.3 Å². The average molecular weight is 354 g/mol. The molecule has 5 heteroatoms. The number of fused-ring (bicyclic) bond motifs is 1. The number of carbonyl (C=O) groups excluding carboxylic acids is 1. The van der Waals surface area contributed by atoms with Gasteiger partial charge in [0.25, 0.3) is 0 Å². The van der Waals surface area contributed by atoms with Crippen LogP contribution in [0.5, 0.6) is 23.0 Å². The van der Waals surface area contributed by atoms with Gasteiger partial charge in [-0.05, 0) is 48.4 Å². The molecule has 136 valence electrons. The minimum atomic E-state index is -0.0583. The summed E-state index contributed by atoms with van der Waals surface area (Å²) in [6.45, 7) is 2.88. The number of rotatable bonds is 6. The fourth-order valence-corrected chi connectivity index (χ4v) is 2.75. The number of ketones is 1. The fraction of sp³-hybridized carbons (Fsp3) is 0.286. The zero-order chi connectivity index (χ0) is 18.5. The van der Waals surface area contributed by atoms with Crippen LogP contribution in [-0.2, 0) is 0 Å². The molecule has 1 aliphatic heterocycles. The Hall–Kier alpha value is -2.95. The number of methoxy groups -OCH3 is 2. The second-order valence-corrected chi connectivity index (χ2v) is 5.91. The van der Waals surface area contributed by atoms with Crippen LogP contribution in [0.2, 0.25) is 0 Å². The third kappa shape index (κ3) is 3.67. The highest BCUT2D eigenvalue weighted by Crippen LogP contribution is 2.33. The van der Waals surface area contributed by atoms with Gasteiger partial charge in [0.15, 0.2) is 17.3 Å². The van der Waals surface area contributed by atoms with E-state index in [1.165, 1.54) is 0 Å². The average Bonchev–Trinajstić information content (AvgIpc) is 2.68. The number of Topliss-reactive ketones (excluding diaryl/α,β-unsaturated/α-hetero) is 1. The lowest BCUT2D eigenvalue weighted by molar-refractivity contribution is 0.100. The van der Waals surface area contributed by atoms with Crippen molar-refractivity contribution in [3.8, 4) is 23.0 Å². The Kier molecular flexibility index (Phi) is 5.46. The third-order valence-electron chi connectivity index (χ3n) is 4.10. The molecule has 2 aromatic carbocycles. The summed E-state index contributed by atoms with van der Waals surface area (Å²) in [6.07, 6.45) is 2.72. The lowest BCUT2D eigenvalue weighted by Crippen LogP contribution is -2.19. The molecule has 1 heterocycles. The molecule has 0 atom stereocenters. The molecule has 1 aliphatic rings. The van der Waals surface area contributed by atoms with Crippen molar-refractivity contribution in [3.05, 3.63) is 53.1 Å². The lowest BCUT2D eigenvalue weighted by atomic mass is 9.98. The van der Waals surface area contributed by atoms with Gasteiger partial charge in [0.2, 0.25) is 0 Å². The van der Waals surface area contributed by atoms with Crippen molar-refractivity contribution >= 4 is 11.9 Å². The van der Waals surface area contributed by atoms with E-state index < -0.39 is 0 Å². The van der Waals surface area contributed by atoms with Crippen LogP contribution < -0.4 is 18.9 Å². The molecule has 0 saturated heterocycles. The van der Waals surface area contributed by atoms with Crippen LogP contribution in [0, 0.1) is 0 Å². The Morgan fingerprint density at radius 2 is 1.92 bits per heavy atom. The first-order chi connectivity index (χ1) is 12.7. The molecule has 3 rings (SSSR count). The number of hydrogen-bond donors (Lipinski definition) is 0. The van der Waals surface area contributed by atoms with Crippen molar-refractivity contribution in [1.29, 1.82) is 0 Å². The lowest BCUT2D eigenvalue weighted by Gasteiger charge is -2.19. The molecule has 0 bridgehead atoms. The van der Waals surface area contributed by atoms with E-state index in [0.29, 0.717) is 40.7 Å². The highest BCUT2D eigenvalue weighted by atomic mass is 16.5. The summed E-state index contributed by atoms with van der Waals surface area (Å²) in [5, 5.41) is 0. The quantitative estimate of drug-likeness (QED) is 0.730. The molecular formula is C21H22O5. The van der Waals surface area contributed by atoms with Gasteiger partial charge in [0.05, 0.1) is 26.4 Å². The molecule has 26 heavy (non-hydrogen) atoms. The Morgan fingerprint density at radius 3 is 2.65 bits per heavy atom. The Bertz CT molecular complexity index is 838. The second kappa shape index (κ2) is 7.95. The minimum absolute atomic E-state index is 0.0583. The van der Waals surface area contributed by atoms with Gasteiger partial charge in [0.1, 0.15) is 18.1 Å². The van der Waals surface area contributed by atoms with E-state index in [1.807, 2.05) is 31.2 Å². The van der Waals surface area contributed by atoms with E-state index in [1.54, 1.807) is 32.4 Å². The Morgan fingerprint density at radius 1 is 1.08 bits per heavy atom. The first kappa shape index (κ1) is 17.9. The van der Waals surface area contributed by atoms with Gasteiger partial charge in [-0.15, -0.1) is 0 Å². The van der Waals surface area contributed by atoms with E-state index in [0.717, 1.165) is 12.0 Å². The fourth-order valence-electron chi connectivity index (χ4n) is 2.75. The molecule has 0 aliphatic carbocycles. The summed E-state index contributed by atoms with van der Waals surface area (Å²) in [5.41, 5.74) is 1.95. The predicted octanol–water partition coefficient (Wildman–Crippen LogP) is 4.15. The molecule has 2 aromatic rings. The summed E-state index contributed by atoms with van der Waals surface area (Å²) in [6, 6.07) is 10.8. The molecule has 0 spiro atoms. The van der Waals surface area contributed by atoms with Gasteiger partial charge in [-0.1, -0.05) is 13.0 Å². The van der Waals surface area contributed by atoms with Crippen molar-refractivity contribution in [2.24, 2.45) is 0 Å². The Labute approximate surface area is 153 Å². The molecule has 5 nitrogen and oxygen atoms in total. The van der Waals surface area contributed by atoms with Gasteiger partial charge in [0, 0.05) is 5.57 Å².